The van der Waals surface area contributed by atoms with Crippen molar-refractivity contribution in [3.63, 3.8) is 0 Å². The molecule has 0 fully saturated rings. The van der Waals surface area contributed by atoms with Crippen molar-refractivity contribution < 1.29 is 4.74 Å². The first-order valence-electron chi connectivity index (χ1n) is 8.58. The van der Waals surface area contributed by atoms with Crippen LogP contribution in [0.3, 0.4) is 0 Å². The van der Waals surface area contributed by atoms with E-state index in [0.717, 1.165) is 44.3 Å². The summed E-state index contributed by atoms with van der Waals surface area (Å²) in [6, 6.07) is 8.13. The summed E-state index contributed by atoms with van der Waals surface area (Å²) in [5.41, 5.74) is 2.35. The molecular formula is C19H22N4OS. The average molecular weight is 354 g/mol. The highest BCUT2D eigenvalue weighted by Crippen LogP contribution is 2.19. The van der Waals surface area contributed by atoms with Crippen LogP contribution in [0.15, 0.2) is 53.6 Å². The van der Waals surface area contributed by atoms with Crippen LogP contribution in [0.4, 0.5) is 0 Å². The van der Waals surface area contributed by atoms with Crippen LogP contribution in [0.1, 0.15) is 17.1 Å². The minimum Gasteiger partial charge on any atom is -0.375 e. The molecule has 1 aliphatic rings. The molecule has 0 unspecified atom stereocenters. The predicted octanol–water partition coefficient (Wildman–Crippen LogP) is 3.19. The summed E-state index contributed by atoms with van der Waals surface area (Å²) in [5.74, 6) is 1.58. The first kappa shape index (κ1) is 16.4. The minimum atomic E-state index is 0.442. The number of nitrogens with zero attached hydrogens (tertiary/aromatic N) is 4. The van der Waals surface area contributed by atoms with Gasteiger partial charge in [0.05, 0.1) is 25.5 Å². The van der Waals surface area contributed by atoms with Crippen molar-refractivity contribution in [1.82, 2.24) is 19.4 Å². The zero-order chi connectivity index (χ0) is 16.9. The smallest absolute Gasteiger partial charge is 0.122 e. The molecule has 0 spiro atoms. The van der Waals surface area contributed by atoms with Gasteiger partial charge in [0.1, 0.15) is 5.82 Å². The molecule has 0 aliphatic carbocycles. The molecule has 0 saturated carbocycles. The van der Waals surface area contributed by atoms with Crippen LogP contribution in [0.25, 0.3) is 0 Å². The number of aromatic nitrogens is 3. The maximum Gasteiger partial charge on any atom is 0.122 e. The Kier molecular flexibility index (Phi) is 5.20. The van der Waals surface area contributed by atoms with Gasteiger partial charge >= 0.3 is 0 Å². The van der Waals surface area contributed by atoms with Gasteiger partial charge < -0.3 is 9.30 Å². The zero-order valence-corrected chi connectivity index (χ0v) is 14.9. The maximum atomic E-state index is 5.97. The SMILES string of the molecule is c1ccc(COC[C@H]2CN(Cc3ccsc3)Cc3nccn3C2)nc1. The maximum absolute atomic E-state index is 5.97. The number of hydrogen-bond donors (Lipinski definition) is 0. The predicted molar refractivity (Wildman–Crippen MR) is 98.0 cm³/mol. The highest BCUT2D eigenvalue weighted by molar-refractivity contribution is 7.07. The molecule has 0 N–H and O–H groups in total. The normalized spacial score (nSPS) is 18.0. The van der Waals surface area contributed by atoms with E-state index >= 15 is 0 Å². The van der Waals surface area contributed by atoms with Gasteiger partial charge in [0.25, 0.3) is 0 Å². The number of rotatable bonds is 6. The van der Waals surface area contributed by atoms with Crippen LogP contribution >= 0.6 is 11.3 Å². The molecule has 0 saturated heterocycles. The lowest BCUT2D eigenvalue weighted by atomic mass is 10.1. The van der Waals surface area contributed by atoms with E-state index in [0.29, 0.717) is 12.5 Å². The van der Waals surface area contributed by atoms with Gasteiger partial charge in [-0.1, -0.05) is 6.07 Å². The number of pyridine rings is 1. The second-order valence-electron chi connectivity index (χ2n) is 6.50. The summed E-state index contributed by atoms with van der Waals surface area (Å²) in [6.45, 7) is 5.12. The van der Waals surface area contributed by atoms with Gasteiger partial charge in [-0.15, -0.1) is 0 Å². The van der Waals surface area contributed by atoms with Crippen molar-refractivity contribution in [2.24, 2.45) is 5.92 Å². The topological polar surface area (TPSA) is 43.2 Å². The average Bonchev–Trinajstić information content (AvgIpc) is 3.25. The van der Waals surface area contributed by atoms with Crippen LogP contribution in [0, 0.1) is 5.92 Å². The Hall–Kier alpha value is -2.02. The molecule has 0 amide bonds. The standard InChI is InChI=1S/C19H22N4OS/c1-2-5-20-18(3-1)14-24-13-17-10-22(9-16-4-8-25-15-16)12-19-21-6-7-23(19)11-17/h1-8,15,17H,9-14H2/t17-/m0/s1. The van der Waals surface area contributed by atoms with Crippen molar-refractivity contribution in [2.45, 2.75) is 26.2 Å². The Balaban J connectivity index is 1.40. The van der Waals surface area contributed by atoms with Crippen LogP contribution in [-0.4, -0.2) is 32.6 Å². The number of ether oxygens (including phenoxy) is 1. The lowest BCUT2D eigenvalue weighted by Crippen LogP contribution is -2.30. The van der Waals surface area contributed by atoms with Crippen molar-refractivity contribution >= 4 is 11.3 Å². The molecule has 3 aromatic heterocycles. The van der Waals surface area contributed by atoms with E-state index in [2.05, 4.69) is 42.5 Å². The molecule has 0 aromatic carbocycles. The fraction of sp³-hybridized carbons (Fsp3) is 0.368. The quantitative estimate of drug-likeness (QED) is 0.682. The van der Waals surface area contributed by atoms with Gasteiger partial charge in [0.2, 0.25) is 0 Å². The summed E-state index contributed by atoms with van der Waals surface area (Å²) in [7, 11) is 0. The molecule has 1 aliphatic heterocycles. The summed E-state index contributed by atoms with van der Waals surface area (Å²) in [6.07, 6.45) is 5.79. The second-order valence-corrected chi connectivity index (χ2v) is 7.28. The van der Waals surface area contributed by atoms with Gasteiger partial charge in [-0.3, -0.25) is 9.88 Å². The van der Waals surface area contributed by atoms with E-state index in [1.165, 1.54) is 5.56 Å². The van der Waals surface area contributed by atoms with Gasteiger partial charge in [0, 0.05) is 44.1 Å². The lowest BCUT2D eigenvalue weighted by molar-refractivity contribution is 0.0649. The van der Waals surface area contributed by atoms with Gasteiger partial charge in [0.15, 0.2) is 0 Å². The molecule has 25 heavy (non-hydrogen) atoms. The van der Waals surface area contributed by atoms with Crippen molar-refractivity contribution in [1.29, 1.82) is 0 Å². The third-order valence-electron chi connectivity index (χ3n) is 4.45. The summed E-state index contributed by atoms with van der Waals surface area (Å²) >= 11 is 1.75. The Morgan fingerprint density at radius 2 is 2.16 bits per heavy atom. The Morgan fingerprint density at radius 3 is 3.00 bits per heavy atom. The Morgan fingerprint density at radius 1 is 1.16 bits per heavy atom. The number of imidazole rings is 1. The summed E-state index contributed by atoms with van der Waals surface area (Å²) in [4.78, 5) is 11.3. The summed E-state index contributed by atoms with van der Waals surface area (Å²) < 4.78 is 8.24. The largest absolute Gasteiger partial charge is 0.375 e. The Labute approximate surface area is 151 Å². The van der Waals surface area contributed by atoms with Crippen molar-refractivity contribution in [2.75, 3.05) is 13.2 Å². The van der Waals surface area contributed by atoms with Crippen LogP contribution in [0.2, 0.25) is 0 Å². The number of fused-ring (bicyclic) bond motifs is 1. The number of hydrogen-bond acceptors (Lipinski definition) is 5. The van der Waals surface area contributed by atoms with Gasteiger partial charge in [-0.05, 0) is 34.5 Å². The van der Waals surface area contributed by atoms with Gasteiger partial charge in [-0.2, -0.15) is 11.3 Å². The molecular weight excluding hydrogens is 332 g/mol. The second kappa shape index (κ2) is 7.91. The molecule has 1 atom stereocenters. The minimum absolute atomic E-state index is 0.442. The first-order valence-corrected chi connectivity index (χ1v) is 9.52. The van der Waals surface area contributed by atoms with E-state index in [-0.39, 0.29) is 0 Å². The fourth-order valence-electron chi connectivity index (χ4n) is 3.30. The van der Waals surface area contributed by atoms with Gasteiger partial charge in [-0.25, -0.2) is 4.98 Å². The molecule has 5 nitrogen and oxygen atoms in total. The van der Waals surface area contributed by atoms with E-state index in [9.17, 15) is 0 Å². The molecule has 4 rings (SSSR count). The third kappa shape index (κ3) is 4.34. The van der Waals surface area contributed by atoms with Crippen molar-refractivity contribution in [3.05, 3.63) is 70.7 Å². The van der Waals surface area contributed by atoms with Crippen LogP contribution < -0.4 is 0 Å². The first-order chi connectivity index (χ1) is 12.4. The molecule has 0 radical (unpaired) electrons. The Bertz CT molecular complexity index is 772. The monoisotopic (exact) mass is 354 g/mol. The molecule has 3 aromatic rings. The fourth-order valence-corrected chi connectivity index (χ4v) is 3.96. The zero-order valence-electron chi connectivity index (χ0n) is 14.1. The molecule has 6 heteroatoms. The van der Waals surface area contributed by atoms with Crippen molar-refractivity contribution in [3.8, 4) is 0 Å². The van der Waals surface area contributed by atoms with E-state index in [4.69, 9.17) is 4.74 Å². The van der Waals surface area contributed by atoms with Crippen LogP contribution in [-0.2, 0) is 31.0 Å². The van der Waals surface area contributed by atoms with E-state index in [1.807, 2.05) is 30.6 Å². The molecule has 130 valence electrons. The highest BCUT2D eigenvalue weighted by atomic mass is 32.1. The van der Waals surface area contributed by atoms with Crippen LogP contribution in [0.5, 0.6) is 0 Å². The third-order valence-corrected chi connectivity index (χ3v) is 5.19. The molecule has 0 bridgehead atoms. The highest BCUT2D eigenvalue weighted by Gasteiger charge is 2.22. The number of thiophene rings is 1. The van der Waals surface area contributed by atoms with E-state index < -0.39 is 0 Å². The van der Waals surface area contributed by atoms with E-state index in [1.54, 1.807) is 11.3 Å². The lowest BCUT2D eigenvalue weighted by Gasteiger charge is -2.23. The summed E-state index contributed by atoms with van der Waals surface area (Å²) in [5, 5.41) is 4.37. The molecule has 4 heterocycles.